The van der Waals surface area contributed by atoms with Crippen LogP contribution in [0.25, 0.3) is 11.4 Å². The Kier molecular flexibility index (Phi) is 6.51. The number of nitrogens with zero attached hydrogens (tertiary/aromatic N) is 4. The summed E-state index contributed by atoms with van der Waals surface area (Å²) in [4.78, 5) is 13.7. The molecule has 1 N–H and O–H groups in total. The largest absolute Gasteiger partial charge is 0.494 e. The van der Waals surface area contributed by atoms with E-state index < -0.39 is 0 Å². The van der Waals surface area contributed by atoms with Crippen molar-refractivity contribution in [2.75, 3.05) is 11.9 Å². The molecule has 0 bridgehead atoms. The molecule has 2 aromatic carbocycles. The van der Waals surface area contributed by atoms with Crippen molar-refractivity contribution in [3.63, 3.8) is 0 Å². The lowest BCUT2D eigenvalue weighted by atomic mass is 10.2. The lowest BCUT2D eigenvalue weighted by molar-refractivity contribution is -0.116. The van der Waals surface area contributed by atoms with E-state index in [4.69, 9.17) is 4.74 Å². The van der Waals surface area contributed by atoms with E-state index in [1.165, 1.54) is 4.80 Å². The predicted molar refractivity (Wildman–Crippen MR) is 103 cm³/mol. The van der Waals surface area contributed by atoms with Gasteiger partial charge in [-0.1, -0.05) is 43.3 Å². The van der Waals surface area contributed by atoms with Crippen LogP contribution in [-0.2, 0) is 11.3 Å². The number of amides is 1. The molecule has 27 heavy (non-hydrogen) atoms. The average Bonchev–Trinajstić information content (AvgIpc) is 3.16. The highest BCUT2D eigenvalue weighted by atomic mass is 16.5. The molecule has 0 unspecified atom stereocenters. The minimum atomic E-state index is -0.0500. The number of hydrogen-bond donors (Lipinski definition) is 1. The molecule has 1 heterocycles. The minimum absolute atomic E-state index is 0.0500. The summed E-state index contributed by atoms with van der Waals surface area (Å²) < 4.78 is 5.58. The van der Waals surface area contributed by atoms with E-state index in [0.717, 1.165) is 23.4 Å². The summed E-state index contributed by atoms with van der Waals surface area (Å²) in [5.74, 6) is 1.30. The first kappa shape index (κ1) is 18.6. The van der Waals surface area contributed by atoms with Crippen molar-refractivity contribution in [2.24, 2.45) is 0 Å². The Bertz CT molecular complexity index is 864. The zero-order chi connectivity index (χ0) is 18.9. The van der Waals surface area contributed by atoms with Gasteiger partial charge >= 0.3 is 0 Å². The summed E-state index contributed by atoms with van der Waals surface area (Å²) in [6.07, 6.45) is 1.95. The molecule has 3 aromatic rings. The third kappa shape index (κ3) is 5.64. The van der Waals surface area contributed by atoms with Crippen LogP contribution in [0.15, 0.2) is 54.6 Å². The number of ether oxygens (including phenoxy) is 1. The smallest absolute Gasteiger partial charge is 0.224 e. The normalized spacial score (nSPS) is 10.6. The van der Waals surface area contributed by atoms with Crippen LogP contribution in [0.5, 0.6) is 5.75 Å². The Labute approximate surface area is 158 Å². The molecule has 7 nitrogen and oxygen atoms in total. The number of nitrogens with one attached hydrogen (secondary N) is 1. The highest BCUT2D eigenvalue weighted by Crippen LogP contribution is 2.18. The van der Waals surface area contributed by atoms with Crippen LogP contribution in [0.1, 0.15) is 26.2 Å². The summed E-state index contributed by atoms with van der Waals surface area (Å²) in [5, 5.41) is 15.3. The van der Waals surface area contributed by atoms with Crippen LogP contribution in [0.4, 0.5) is 5.69 Å². The first-order valence-electron chi connectivity index (χ1n) is 9.10. The molecule has 1 amide bonds. The van der Waals surface area contributed by atoms with Crippen molar-refractivity contribution >= 4 is 11.6 Å². The third-order valence-corrected chi connectivity index (χ3v) is 3.84. The fraction of sp³-hybridized carbons (Fsp3) is 0.300. The number of anilines is 1. The number of carbonyl (C=O) groups is 1. The monoisotopic (exact) mass is 365 g/mol. The van der Waals surface area contributed by atoms with E-state index in [2.05, 4.69) is 27.7 Å². The molecule has 7 heteroatoms. The molecule has 0 aliphatic heterocycles. The van der Waals surface area contributed by atoms with Gasteiger partial charge in [0.15, 0.2) is 0 Å². The number of tetrazole rings is 1. The molecule has 0 aliphatic carbocycles. The predicted octanol–water partition coefficient (Wildman–Crippen LogP) is 3.55. The fourth-order valence-corrected chi connectivity index (χ4v) is 2.53. The van der Waals surface area contributed by atoms with Crippen LogP contribution in [0.3, 0.4) is 0 Å². The molecule has 0 spiro atoms. The number of rotatable bonds is 9. The van der Waals surface area contributed by atoms with E-state index in [0.29, 0.717) is 31.8 Å². The van der Waals surface area contributed by atoms with Crippen molar-refractivity contribution in [3.05, 3.63) is 54.6 Å². The molecule has 0 saturated heterocycles. The maximum Gasteiger partial charge on any atom is 0.224 e. The van der Waals surface area contributed by atoms with Crippen LogP contribution in [0.2, 0.25) is 0 Å². The molecular formula is C20H23N5O2. The highest BCUT2D eigenvalue weighted by Gasteiger charge is 2.07. The van der Waals surface area contributed by atoms with Gasteiger partial charge in [-0.2, -0.15) is 4.80 Å². The number of hydrogen-bond acceptors (Lipinski definition) is 5. The van der Waals surface area contributed by atoms with Gasteiger partial charge in [-0.15, -0.1) is 10.2 Å². The van der Waals surface area contributed by atoms with Gasteiger partial charge in [-0.05, 0) is 30.2 Å². The van der Waals surface area contributed by atoms with Crippen molar-refractivity contribution < 1.29 is 9.53 Å². The Morgan fingerprint density at radius 3 is 2.81 bits per heavy atom. The van der Waals surface area contributed by atoms with Gasteiger partial charge in [0, 0.05) is 23.7 Å². The van der Waals surface area contributed by atoms with Crippen molar-refractivity contribution in [2.45, 2.75) is 32.7 Å². The lowest BCUT2D eigenvalue weighted by Crippen LogP contribution is -2.13. The third-order valence-electron chi connectivity index (χ3n) is 3.84. The molecule has 0 atom stereocenters. The number of aryl methyl sites for hydroxylation is 1. The first-order valence-corrected chi connectivity index (χ1v) is 9.10. The zero-order valence-electron chi connectivity index (χ0n) is 15.3. The molecule has 0 aliphatic rings. The second-order valence-electron chi connectivity index (χ2n) is 6.10. The fourth-order valence-electron chi connectivity index (χ4n) is 2.53. The number of benzene rings is 2. The molecule has 0 fully saturated rings. The van der Waals surface area contributed by atoms with Gasteiger partial charge in [0.05, 0.1) is 13.2 Å². The van der Waals surface area contributed by atoms with Gasteiger partial charge in [0.25, 0.3) is 0 Å². The van der Waals surface area contributed by atoms with E-state index in [1.807, 2.05) is 54.6 Å². The van der Waals surface area contributed by atoms with Crippen LogP contribution < -0.4 is 10.1 Å². The Morgan fingerprint density at radius 2 is 2.00 bits per heavy atom. The van der Waals surface area contributed by atoms with Gasteiger partial charge < -0.3 is 10.1 Å². The Balaban J connectivity index is 1.45. The van der Waals surface area contributed by atoms with Gasteiger partial charge in [0.2, 0.25) is 11.7 Å². The molecule has 1 aromatic heterocycles. The van der Waals surface area contributed by atoms with Crippen LogP contribution in [0, 0.1) is 0 Å². The topological polar surface area (TPSA) is 81.9 Å². The summed E-state index contributed by atoms with van der Waals surface area (Å²) in [5.41, 5.74) is 1.66. The van der Waals surface area contributed by atoms with E-state index >= 15 is 0 Å². The first-order chi connectivity index (χ1) is 13.2. The van der Waals surface area contributed by atoms with Gasteiger partial charge in [0.1, 0.15) is 5.75 Å². The molecule has 140 valence electrons. The summed E-state index contributed by atoms with van der Waals surface area (Å²) in [6, 6.07) is 17.1. The highest BCUT2D eigenvalue weighted by molar-refractivity contribution is 5.90. The molecule has 3 rings (SSSR count). The number of carbonyl (C=O) groups excluding carboxylic acids is 1. The Hall–Kier alpha value is -3.22. The van der Waals surface area contributed by atoms with Crippen molar-refractivity contribution in [3.8, 4) is 17.1 Å². The summed E-state index contributed by atoms with van der Waals surface area (Å²) >= 11 is 0. The van der Waals surface area contributed by atoms with Gasteiger partial charge in [-0.3, -0.25) is 4.79 Å². The second kappa shape index (κ2) is 9.47. The van der Waals surface area contributed by atoms with E-state index in [1.54, 1.807) is 0 Å². The average molecular weight is 365 g/mol. The van der Waals surface area contributed by atoms with Crippen LogP contribution >= 0.6 is 0 Å². The standard InChI is InChI=1S/C20H23N5O2/c1-2-14-27-18-11-6-10-17(15-18)21-19(26)12-7-13-25-23-20(22-24-25)16-8-4-3-5-9-16/h3-6,8-11,15H,2,7,12-14H2,1H3,(H,21,26). The second-order valence-corrected chi connectivity index (χ2v) is 6.10. The van der Waals surface area contributed by atoms with Gasteiger partial charge in [-0.25, -0.2) is 0 Å². The quantitative estimate of drug-likeness (QED) is 0.627. The van der Waals surface area contributed by atoms with E-state index in [-0.39, 0.29) is 5.91 Å². The van der Waals surface area contributed by atoms with Crippen LogP contribution in [-0.4, -0.2) is 32.7 Å². The summed E-state index contributed by atoms with van der Waals surface area (Å²) in [7, 11) is 0. The summed E-state index contributed by atoms with van der Waals surface area (Å²) in [6.45, 7) is 3.25. The molecule has 0 radical (unpaired) electrons. The van der Waals surface area contributed by atoms with E-state index in [9.17, 15) is 4.79 Å². The SMILES string of the molecule is CCCOc1cccc(NC(=O)CCCn2nnc(-c3ccccc3)n2)c1. The molecular weight excluding hydrogens is 342 g/mol. The number of aromatic nitrogens is 4. The maximum atomic E-state index is 12.1. The van der Waals surface area contributed by atoms with Crippen molar-refractivity contribution in [1.82, 2.24) is 20.2 Å². The lowest BCUT2D eigenvalue weighted by Gasteiger charge is -2.08. The Morgan fingerprint density at radius 1 is 1.15 bits per heavy atom. The molecule has 0 saturated carbocycles. The minimum Gasteiger partial charge on any atom is -0.494 e. The zero-order valence-corrected chi connectivity index (χ0v) is 15.3. The maximum absolute atomic E-state index is 12.1. The van der Waals surface area contributed by atoms with Crippen molar-refractivity contribution in [1.29, 1.82) is 0 Å².